The standard InChI is InChI=1S/C13H15ClN4OS2/c1-8-17-18-13(21-8)20-6-2-3-12(19)16-11-5-4-9(15)7-10(11)14/h4-5,7H,2-3,6,15H2,1H3,(H,16,19). The fraction of sp³-hybridized carbons (Fsp3) is 0.308. The lowest BCUT2D eigenvalue weighted by Crippen LogP contribution is -2.11. The number of nitrogens with one attached hydrogen (secondary N) is 1. The molecular formula is C13H15ClN4OS2. The van der Waals surface area contributed by atoms with Crippen LogP contribution in [0, 0.1) is 6.92 Å². The zero-order valence-corrected chi connectivity index (χ0v) is 13.8. The lowest BCUT2D eigenvalue weighted by Gasteiger charge is -2.07. The molecule has 21 heavy (non-hydrogen) atoms. The number of aryl methyl sites for hydroxylation is 1. The van der Waals surface area contributed by atoms with Crippen LogP contribution in [0.2, 0.25) is 5.02 Å². The Morgan fingerprint density at radius 1 is 1.48 bits per heavy atom. The van der Waals surface area contributed by atoms with Gasteiger partial charge in [-0.1, -0.05) is 34.7 Å². The maximum absolute atomic E-state index is 11.8. The Balaban J connectivity index is 1.72. The summed E-state index contributed by atoms with van der Waals surface area (Å²) in [7, 11) is 0. The molecule has 1 heterocycles. The monoisotopic (exact) mass is 342 g/mol. The number of hydrogen-bond acceptors (Lipinski definition) is 6. The van der Waals surface area contributed by atoms with E-state index in [0.717, 1.165) is 21.5 Å². The van der Waals surface area contributed by atoms with Crippen LogP contribution in [0.4, 0.5) is 11.4 Å². The molecule has 3 N–H and O–H groups in total. The minimum Gasteiger partial charge on any atom is -0.399 e. The average molecular weight is 343 g/mol. The van der Waals surface area contributed by atoms with Crippen molar-refractivity contribution in [3.63, 3.8) is 0 Å². The Bertz CT molecular complexity index is 632. The molecule has 8 heteroatoms. The third-order valence-corrected chi connectivity index (χ3v) is 4.92. The Morgan fingerprint density at radius 2 is 2.29 bits per heavy atom. The van der Waals surface area contributed by atoms with E-state index in [2.05, 4.69) is 15.5 Å². The topological polar surface area (TPSA) is 80.9 Å². The smallest absolute Gasteiger partial charge is 0.224 e. The molecule has 0 radical (unpaired) electrons. The Labute approximate surface area is 136 Å². The summed E-state index contributed by atoms with van der Waals surface area (Å²) >= 11 is 9.18. The van der Waals surface area contributed by atoms with Crippen molar-refractivity contribution in [3.05, 3.63) is 28.2 Å². The van der Waals surface area contributed by atoms with Crippen molar-refractivity contribution >= 4 is 52.0 Å². The molecule has 1 aromatic carbocycles. The van der Waals surface area contributed by atoms with E-state index in [-0.39, 0.29) is 5.91 Å². The molecule has 0 saturated heterocycles. The first-order valence-electron chi connectivity index (χ1n) is 6.32. The highest BCUT2D eigenvalue weighted by molar-refractivity contribution is 8.01. The molecule has 0 spiro atoms. The van der Waals surface area contributed by atoms with Crippen LogP contribution in [0.25, 0.3) is 0 Å². The molecule has 0 aliphatic heterocycles. The maximum atomic E-state index is 11.8. The van der Waals surface area contributed by atoms with E-state index in [1.54, 1.807) is 41.3 Å². The van der Waals surface area contributed by atoms with Crippen molar-refractivity contribution in [2.75, 3.05) is 16.8 Å². The number of rotatable bonds is 6. The second-order valence-corrected chi connectivity index (χ2v) is 7.26. The van der Waals surface area contributed by atoms with Crippen LogP contribution in [0.15, 0.2) is 22.5 Å². The highest BCUT2D eigenvalue weighted by Gasteiger charge is 2.07. The number of nitrogen functional groups attached to an aromatic ring is 1. The number of benzene rings is 1. The van der Waals surface area contributed by atoms with E-state index in [4.69, 9.17) is 17.3 Å². The van der Waals surface area contributed by atoms with Crippen molar-refractivity contribution in [1.29, 1.82) is 0 Å². The third kappa shape index (κ3) is 5.18. The van der Waals surface area contributed by atoms with Gasteiger partial charge in [0, 0.05) is 17.9 Å². The van der Waals surface area contributed by atoms with Gasteiger partial charge in [-0.2, -0.15) is 0 Å². The number of nitrogens with zero attached hydrogens (tertiary/aromatic N) is 2. The molecular weight excluding hydrogens is 328 g/mol. The first kappa shape index (κ1) is 16.1. The largest absolute Gasteiger partial charge is 0.399 e. The minimum absolute atomic E-state index is 0.0595. The number of carbonyl (C=O) groups excluding carboxylic acids is 1. The van der Waals surface area contributed by atoms with Crippen LogP contribution in [0.3, 0.4) is 0 Å². The quantitative estimate of drug-likeness (QED) is 0.476. The molecule has 1 amide bonds. The number of halogens is 1. The van der Waals surface area contributed by atoms with Crippen molar-refractivity contribution in [1.82, 2.24) is 10.2 Å². The summed E-state index contributed by atoms with van der Waals surface area (Å²) in [6.45, 7) is 1.92. The van der Waals surface area contributed by atoms with E-state index in [9.17, 15) is 4.79 Å². The second-order valence-electron chi connectivity index (χ2n) is 4.33. The molecule has 0 aliphatic carbocycles. The Kier molecular flexibility index (Phi) is 5.84. The molecule has 5 nitrogen and oxygen atoms in total. The SMILES string of the molecule is Cc1nnc(SCCCC(=O)Nc2ccc(N)cc2Cl)s1. The molecule has 1 aromatic heterocycles. The molecule has 0 bridgehead atoms. The van der Waals surface area contributed by atoms with Gasteiger partial charge in [-0.05, 0) is 31.5 Å². The predicted octanol–water partition coefficient (Wildman–Crippen LogP) is 3.59. The summed E-state index contributed by atoms with van der Waals surface area (Å²) in [5.41, 5.74) is 6.76. The number of thioether (sulfide) groups is 1. The molecule has 0 fully saturated rings. The van der Waals surface area contributed by atoms with Gasteiger partial charge in [-0.15, -0.1) is 10.2 Å². The van der Waals surface area contributed by atoms with Crippen molar-refractivity contribution in [2.45, 2.75) is 24.1 Å². The highest BCUT2D eigenvalue weighted by atomic mass is 35.5. The minimum atomic E-state index is -0.0595. The van der Waals surface area contributed by atoms with E-state index in [1.165, 1.54) is 0 Å². The number of aromatic nitrogens is 2. The van der Waals surface area contributed by atoms with Crippen LogP contribution in [-0.2, 0) is 4.79 Å². The van der Waals surface area contributed by atoms with Crippen LogP contribution in [-0.4, -0.2) is 21.9 Å². The van der Waals surface area contributed by atoms with Crippen molar-refractivity contribution in [2.24, 2.45) is 0 Å². The Morgan fingerprint density at radius 3 is 2.95 bits per heavy atom. The molecule has 0 saturated carbocycles. The second kappa shape index (κ2) is 7.63. The fourth-order valence-electron chi connectivity index (χ4n) is 1.57. The van der Waals surface area contributed by atoms with E-state index >= 15 is 0 Å². The summed E-state index contributed by atoms with van der Waals surface area (Å²) in [5.74, 6) is 0.771. The van der Waals surface area contributed by atoms with E-state index in [1.807, 2.05) is 6.92 Å². The lowest BCUT2D eigenvalue weighted by molar-refractivity contribution is -0.116. The summed E-state index contributed by atoms with van der Waals surface area (Å²) in [5, 5.41) is 12.1. The van der Waals surface area contributed by atoms with Crippen LogP contribution in [0.1, 0.15) is 17.8 Å². The van der Waals surface area contributed by atoms with Gasteiger partial charge >= 0.3 is 0 Å². The number of anilines is 2. The normalized spacial score (nSPS) is 10.6. The summed E-state index contributed by atoms with van der Waals surface area (Å²) < 4.78 is 0.939. The van der Waals surface area contributed by atoms with Crippen LogP contribution < -0.4 is 11.1 Å². The predicted molar refractivity (Wildman–Crippen MR) is 89.1 cm³/mol. The molecule has 0 atom stereocenters. The van der Waals surface area contributed by atoms with Crippen molar-refractivity contribution in [3.8, 4) is 0 Å². The number of nitrogens with two attached hydrogens (primary N) is 1. The zero-order chi connectivity index (χ0) is 15.2. The van der Waals surface area contributed by atoms with Gasteiger partial charge in [0.05, 0.1) is 10.7 Å². The van der Waals surface area contributed by atoms with Crippen molar-refractivity contribution < 1.29 is 4.79 Å². The molecule has 0 aliphatic rings. The molecule has 112 valence electrons. The first-order valence-corrected chi connectivity index (χ1v) is 8.50. The van der Waals surface area contributed by atoms with Gasteiger partial charge < -0.3 is 11.1 Å². The summed E-state index contributed by atoms with van der Waals surface area (Å²) in [4.78, 5) is 11.8. The molecule has 0 unspecified atom stereocenters. The summed E-state index contributed by atoms with van der Waals surface area (Å²) in [6, 6.07) is 5.02. The molecule has 2 rings (SSSR count). The van der Waals surface area contributed by atoms with Crippen LogP contribution in [0.5, 0.6) is 0 Å². The fourth-order valence-corrected chi connectivity index (χ4v) is 3.64. The number of hydrogen-bond donors (Lipinski definition) is 2. The number of carbonyl (C=O) groups is 1. The first-order chi connectivity index (χ1) is 10.0. The van der Waals surface area contributed by atoms with E-state index in [0.29, 0.717) is 22.8 Å². The van der Waals surface area contributed by atoms with Gasteiger partial charge in [-0.3, -0.25) is 4.79 Å². The van der Waals surface area contributed by atoms with Gasteiger partial charge in [0.25, 0.3) is 0 Å². The molecule has 2 aromatic rings. The third-order valence-electron chi connectivity index (χ3n) is 2.55. The number of amides is 1. The lowest BCUT2D eigenvalue weighted by atomic mass is 10.2. The van der Waals surface area contributed by atoms with Gasteiger partial charge in [0.1, 0.15) is 5.01 Å². The highest BCUT2D eigenvalue weighted by Crippen LogP contribution is 2.25. The average Bonchev–Trinajstić information content (AvgIpc) is 2.84. The van der Waals surface area contributed by atoms with E-state index < -0.39 is 0 Å². The van der Waals surface area contributed by atoms with Gasteiger partial charge in [0.15, 0.2) is 4.34 Å². The summed E-state index contributed by atoms with van der Waals surface area (Å²) in [6.07, 6.45) is 1.20. The van der Waals surface area contributed by atoms with Gasteiger partial charge in [-0.25, -0.2) is 0 Å². The van der Waals surface area contributed by atoms with Crippen LogP contribution >= 0.6 is 34.7 Å². The Hall–Kier alpha value is -1.31. The maximum Gasteiger partial charge on any atom is 0.224 e. The zero-order valence-electron chi connectivity index (χ0n) is 11.4. The van der Waals surface area contributed by atoms with Gasteiger partial charge in [0.2, 0.25) is 5.91 Å².